The summed E-state index contributed by atoms with van der Waals surface area (Å²) >= 11 is 0. The molecule has 6 unspecified atom stereocenters. The molecular formula is C7H10O4. The van der Waals surface area contributed by atoms with Crippen molar-refractivity contribution in [3.63, 3.8) is 0 Å². The molecule has 0 amide bonds. The van der Waals surface area contributed by atoms with E-state index in [0.29, 0.717) is 0 Å². The predicted octanol–water partition coefficient (Wildman–Crippen LogP) is -1.09. The van der Waals surface area contributed by atoms with E-state index >= 15 is 0 Å². The molecule has 0 bridgehead atoms. The van der Waals surface area contributed by atoms with Crippen molar-refractivity contribution in [3.8, 4) is 0 Å². The molecule has 2 saturated heterocycles. The third-order valence-corrected chi connectivity index (χ3v) is 2.72. The van der Waals surface area contributed by atoms with Gasteiger partial charge in [0.05, 0.1) is 0 Å². The first-order chi connectivity index (χ1) is 5.33. The van der Waals surface area contributed by atoms with Crippen LogP contribution in [-0.4, -0.2) is 48.8 Å². The van der Waals surface area contributed by atoms with Gasteiger partial charge < -0.3 is 19.3 Å². The van der Waals surface area contributed by atoms with Crippen LogP contribution in [-0.2, 0) is 14.2 Å². The van der Waals surface area contributed by atoms with Crippen molar-refractivity contribution in [1.82, 2.24) is 0 Å². The lowest BCUT2D eigenvalue weighted by molar-refractivity contribution is -0.0384. The summed E-state index contributed by atoms with van der Waals surface area (Å²) in [6, 6.07) is 0. The quantitative estimate of drug-likeness (QED) is 0.493. The highest BCUT2D eigenvalue weighted by molar-refractivity contribution is 5.16. The maximum Gasteiger partial charge on any atom is 0.116 e. The number of hydrogen-bond acceptors (Lipinski definition) is 4. The Morgan fingerprint density at radius 1 is 1.09 bits per heavy atom. The highest BCUT2D eigenvalue weighted by Gasteiger charge is 2.69. The molecule has 0 radical (unpaired) electrons. The van der Waals surface area contributed by atoms with Crippen molar-refractivity contribution >= 4 is 0 Å². The van der Waals surface area contributed by atoms with Gasteiger partial charge in [-0.2, -0.15) is 0 Å². The Kier molecular flexibility index (Phi) is 1.02. The number of methoxy groups -OCH3 is 1. The van der Waals surface area contributed by atoms with Crippen molar-refractivity contribution < 1.29 is 19.3 Å². The van der Waals surface area contributed by atoms with Crippen molar-refractivity contribution in [2.75, 3.05) is 7.11 Å². The van der Waals surface area contributed by atoms with E-state index < -0.39 is 6.10 Å². The molecule has 3 aliphatic rings. The average molecular weight is 158 g/mol. The van der Waals surface area contributed by atoms with Crippen LogP contribution in [0.25, 0.3) is 0 Å². The van der Waals surface area contributed by atoms with Crippen LogP contribution in [0, 0.1) is 0 Å². The molecule has 0 aromatic carbocycles. The maximum atomic E-state index is 9.55. The van der Waals surface area contributed by atoms with E-state index in [-0.39, 0.29) is 30.5 Å². The molecule has 0 spiro atoms. The molecule has 0 aromatic rings. The van der Waals surface area contributed by atoms with E-state index in [1.165, 1.54) is 0 Å². The Balaban J connectivity index is 1.83. The van der Waals surface area contributed by atoms with Crippen LogP contribution < -0.4 is 0 Å². The molecule has 4 heteroatoms. The molecule has 11 heavy (non-hydrogen) atoms. The largest absolute Gasteiger partial charge is 0.387 e. The second-order valence-electron chi connectivity index (χ2n) is 3.32. The lowest BCUT2D eigenvalue weighted by atomic mass is 9.95. The third kappa shape index (κ3) is 0.679. The van der Waals surface area contributed by atoms with Gasteiger partial charge in [-0.3, -0.25) is 0 Å². The summed E-state index contributed by atoms with van der Waals surface area (Å²) < 4.78 is 15.6. The molecule has 6 atom stereocenters. The summed E-state index contributed by atoms with van der Waals surface area (Å²) in [5, 5.41) is 9.55. The first-order valence-corrected chi connectivity index (χ1v) is 3.84. The van der Waals surface area contributed by atoms with Gasteiger partial charge in [0.25, 0.3) is 0 Å². The Hall–Kier alpha value is -0.160. The summed E-state index contributed by atoms with van der Waals surface area (Å²) in [7, 11) is 1.59. The Bertz CT molecular complexity index is 195. The first kappa shape index (κ1) is 6.37. The minimum Gasteiger partial charge on any atom is -0.387 e. The van der Waals surface area contributed by atoms with E-state index in [1.54, 1.807) is 7.11 Å². The molecule has 4 nitrogen and oxygen atoms in total. The van der Waals surface area contributed by atoms with Gasteiger partial charge in [0, 0.05) is 7.11 Å². The zero-order valence-electron chi connectivity index (χ0n) is 6.14. The van der Waals surface area contributed by atoms with E-state index in [0.717, 1.165) is 0 Å². The van der Waals surface area contributed by atoms with Crippen molar-refractivity contribution in [3.05, 3.63) is 0 Å². The number of hydrogen-bond donors (Lipinski definition) is 1. The molecule has 1 N–H and O–H groups in total. The van der Waals surface area contributed by atoms with Gasteiger partial charge in [0.15, 0.2) is 0 Å². The Labute approximate surface area is 64.0 Å². The second kappa shape index (κ2) is 1.77. The number of fused-ring (bicyclic) bond motifs is 3. The Morgan fingerprint density at radius 2 is 1.73 bits per heavy atom. The lowest BCUT2D eigenvalue weighted by Gasteiger charge is -2.20. The SMILES string of the molecule is COC1C(O)C2OC2C2OC12. The van der Waals surface area contributed by atoms with Gasteiger partial charge in [0.1, 0.15) is 36.6 Å². The van der Waals surface area contributed by atoms with E-state index in [4.69, 9.17) is 14.2 Å². The molecule has 3 rings (SSSR count). The normalized spacial score (nSPS) is 64.9. The van der Waals surface area contributed by atoms with Crippen LogP contribution in [0.2, 0.25) is 0 Å². The van der Waals surface area contributed by atoms with Crippen molar-refractivity contribution in [2.24, 2.45) is 0 Å². The molecule has 0 aromatic heterocycles. The first-order valence-electron chi connectivity index (χ1n) is 3.84. The zero-order chi connectivity index (χ0) is 7.59. The summed E-state index contributed by atoms with van der Waals surface area (Å²) in [5.74, 6) is 0. The number of rotatable bonds is 1. The van der Waals surface area contributed by atoms with Gasteiger partial charge in [-0.05, 0) is 0 Å². The fraction of sp³-hybridized carbons (Fsp3) is 1.00. The molecule has 62 valence electrons. The van der Waals surface area contributed by atoms with Gasteiger partial charge >= 0.3 is 0 Å². The van der Waals surface area contributed by atoms with Crippen LogP contribution in [0.4, 0.5) is 0 Å². The average Bonchev–Trinajstić information content (AvgIpc) is 2.81. The van der Waals surface area contributed by atoms with E-state index in [1.807, 2.05) is 0 Å². The smallest absolute Gasteiger partial charge is 0.116 e. The topological polar surface area (TPSA) is 54.5 Å². The Morgan fingerprint density at radius 3 is 2.45 bits per heavy atom. The molecular weight excluding hydrogens is 148 g/mol. The number of epoxide rings is 2. The molecule has 1 aliphatic carbocycles. The maximum absolute atomic E-state index is 9.55. The molecule has 3 fully saturated rings. The van der Waals surface area contributed by atoms with Gasteiger partial charge in [-0.15, -0.1) is 0 Å². The number of aliphatic hydroxyl groups excluding tert-OH is 1. The van der Waals surface area contributed by atoms with Crippen molar-refractivity contribution in [1.29, 1.82) is 0 Å². The van der Waals surface area contributed by atoms with Gasteiger partial charge in [-0.1, -0.05) is 0 Å². The lowest BCUT2D eigenvalue weighted by Crippen LogP contribution is -2.42. The van der Waals surface area contributed by atoms with Crippen LogP contribution >= 0.6 is 0 Å². The second-order valence-corrected chi connectivity index (χ2v) is 3.32. The van der Waals surface area contributed by atoms with E-state index in [9.17, 15) is 5.11 Å². The minimum atomic E-state index is -0.492. The van der Waals surface area contributed by atoms with Crippen LogP contribution in [0.1, 0.15) is 0 Å². The fourth-order valence-electron chi connectivity index (χ4n) is 1.99. The summed E-state index contributed by atoms with van der Waals surface area (Å²) in [5.41, 5.74) is 0. The van der Waals surface area contributed by atoms with Crippen LogP contribution in [0.3, 0.4) is 0 Å². The summed E-state index contributed by atoms with van der Waals surface area (Å²) in [6.07, 6.45) is -0.255. The third-order valence-electron chi connectivity index (χ3n) is 2.72. The van der Waals surface area contributed by atoms with Crippen LogP contribution in [0.5, 0.6) is 0 Å². The highest BCUT2D eigenvalue weighted by atomic mass is 16.7. The summed E-state index contributed by atoms with van der Waals surface area (Å²) in [6.45, 7) is 0. The van der Waals surface area contributed by atoms with E-state index in [2.05, 4.69) is 0 Å². The van der Waals surface area contributed by atoms with Gasteiger partial charge in [0.2, 0.25) is 0 Å². The fourth-order valence-corrected chi connectivity index (χ4v) is 1.99. The minimum absolute atomic E-state index is 0.0244. The molecule has 2 heterocycles. The standard InChI is InChI=1S/C7H10O4/c1-9-3-2(8)4-6(10-4)7-5(3)11-7/h2-8H,1H3. The molecule has 2 aliphatic heterocycles. The van der Waals surface area contributed by atoms with Gasteiger partial charge in [-0.25, -0.2) is 0 Å². The molecule has 1 saturated carbocycles. The van der Waals surface area contributed by atoms with Crippen molar-refractivity contribution in [2.45, 2.75) is 36.6 Å². The monoisotopic (exact) mass is 158 g/mol. The predicted molar refractivity (Wildman–Crippen MR) is 34.1 cm³/mol. The number of aliphatic hydroxyl groups is 1. The number of ether oxygens (including phenoxy) is 3. The highest BCUT2D eigenvalue weighted by Crippen LogP contribution is 2.48. The van der Waals surface area contributed by atoms with Crippen LogP contribution in [0.15, 0.2) is 0 Å². The summed E-state index contributed by atoms with van der Waals surface area (Å²) in [4.78, 5) is 0. The zero-order valence-corrected chi connectivity index (χ0v) is 6.14.